The number of carbonyl (C=O) groups is 2. The van der Waals surface area contributed by atoms with Gasteiger partial charge in [-0.2, -0.15) is 0 Å². The second kappa shape index (κ2) is 11.8. The topological polar surface area (TPSA) is 131 Å². The molecule has 2 amide bonds. The van der Waals surface area contributed by atoms with Gasteiger partial charge in [-0.1, -0.05) is 31.2 Å². The van der Waals surface area contributed by atoms with Crippen molar-refractivity contribution in [2.45, 2.75) is 51.7 Å². The van der Waals surface area contributed by atoms with Gasteiger partial charge in [-0.05, 0) is 55.7 Å². The van der Waals surface area contributed by atoms with Crippen LogP contribution in [-0.2, 0) is 11.2 Å². The molecule has 1 atom stereocenters. The number of benzene rings is 3. The van der Waals surface area contributed by atoms with Crippen molar-refractivity contribution in [3.63, 3.8) is 0 Å². The van der Waals surface area contributed by atoms with Gasteiger partial charge < -0.3 is 34.6 Å². The Hall–Kier alpha value is -5.39. The average molecular weight is 639 g/mol. The zero-order chi connectivity index (χ0) is 32.9. The van der Waals surface area contributed by atoms with E-state index in [1.54, 1.807) is 17.1 Å². The van der Waals surface area contributed by atoms with Crippen LogP contribution in [-0.4, -0.2) is 57.8 Å². The lowest BCUT2D eigenvalue weighted by molar-refractivity contribution is 0.0347. The van der Waals surface area contributed by atoms with Crippen LogP contribution < -0.4 is 25.7 Å². The molecule has 2 aromatic heterocycles. The minimum absolute atomic E-state index is 0.0283. The standard InChI is InChI=1S/C35H35FN6O5/c1-4-35(2,3)47-34(45)40-23-10-12-41(17-23)30-26(36)15-24-29-32(30)46-28-14-21-8-6-5-7-20(21)13-27(28)42(29)18-25(31(24)43)33(44)38-11-9-22-16-37-19-39-22/h5-8,13-16,18-19,23H,4,9-12,17H2,1-3H3,(H,37,39)(H,38,44)(H,40,45). The highest BCUT2D eigenvalue weighted by Gasteiger charge is 2.34. The Kier molecular flexibility index (Phi) is 7.57. The molecule has 0 bridgehead atoms. The van der Waals surface area contributed by atoms with Crippen LogP contribution >= 0.6 is 0 Å². The maximum atomic E-state index is 16.2. The molecular formula is C35H35FN6O5. The summed E-state index contributed by atoms with van der Waals surface area (Å²) in [5, 5.41) is 7.60. The fourth-order valence-electron chi connectivity index (χ4n) is 6.17. The summed E-state index contributed by atoms with van der Waals surface area (Å²) in [5.74, 6) is -0.585. The predicted molar refractivity (Wildman–Crippen MR) is 176 cm³/mol. The van der Waals surface area contributed by atoms with Gasteiger partial charge in [-0.3, -0.25) is 9.59 Å². The van der Waals surface area contributed by atoms with E-state index in [9.17, 15) is 14.4 Å². The molecule has 12 heteroatoms. The number of aromatic amines is 1. The van der Waals surface area contributed by atoms with Crippen LogP contribution in [0.4, 0.5) is 14.9 Å². The van der Waals surface area contributed by atoms with E-state index in [0.29, 0.717) is 49.3 Å². The van der Waals surface area contributed by atoms with Gasteiger partial charge in [0.25, 0.3) is 5.91 Å². The lowest BCUT2D eigenvalue weighted by atomic mass is 10.0. The fraction of sp³-hybridized carbons (Fsp3) is 0.314. The van der Waals surface area contributed by atoms with E-state index in [4.69, 9.17) is 9.47 Å². The van der Waals surface area contributed by atoms with E-state index < -0.39 is 28.8 Å². The third-order valence-corrected chi connectivity index (χ3v) is 9.00. The summed E-state index contributed by atoms with van der Waals surface area (Å²) in [7, 11) is 0. The number of hydrogen-bond donors (Lipinski definition) is 3. The number of anilines is 1. The number of H-pyrrole nitrogens is 1. The number of aromatic nitrogens is 3. The van der Waals surface area contributed by atoms with E-state index >= 15 is 4.39 Å². The number of rotatable bonds is 8. The number of fused-ring (bicyclic) bond motifs is 3. The van der Waals surface area contributed by atoms with Gasteiger partial charge in [0.1, 0.15) is 22.4 Å². The van der Waals surface area contributed by atoms with Crippen molar-refractivity contribution in [2.75, 3.05) is 24.5 Å². The first-order chi connectivity index (χ1) is 22.6. The molecule has 5 aromatic rings. The van der Waals surface area contributed by atoms with E-state index in [0.717, 1.165) is 16.5 Å². The molecule has 1 unspecified atom stereocenters. The highest BCUT2D eigenvalue weighted by atomic mass is 19.1. The number of nitrogens with zero attached hydrogens (tertiary/aromatic N) is 3. The number of amides is 2. The van der Waals surface area contributed by atoms with Crippen LogP contribution in [0.2, 0.25) is 0 Å². The quantitative estimate of drug-likeness (QED) is 0.199. The van der Waals surface area contributed by atoms with Crippen molar-refractivity contribution in [3.8, 4) is 17.2 Å². The maximum absolute atomic E-state index is 16.2. The van der Waals surface area contributed by atoms with Crippen molar-refractivity contribution in [2.24, 2.45) is 0 Å². The molecular weight excluding hydrogens is 603 g/mol. The van der Waals surface area contributed by atoms with Gasteiger partial charge in [0.05, 0.1) is 23.4 Å². The number of nitrogens with one attached hydrogen (secondary N) is 3. The minimum atomic E-state index is -0.660. The number of carbonyl (C=O) groups excluding carboxylic acids is 2. The summed E-state index contributed by atoms with van der Waals surface area (Å²) in [6.45, 7) is 6.65. The Morgan fingerprint density at radius 1 is 1.19 bits per heavy atom. The Bertz CT molecular complexity index is 2090. The first-order valence-corrected chi connectivity index (χ1v) is 15.7. The zero-order valence-electron chi connectivity index (χ0n) is 26.4. The minimum Gasteiger partial charge on any atom is -0.451 e. The molecule has 3 aromatic carbocycles. The largest absolute Gasteiger partial charge is 0.451 e. The Balaban J connectivity index is 1.29. The van der Waals surface area contributed by atoms with Crippen molar-refractivity contribution >= 4 is 39.4 Å². The van der Waals surface area contributed by atoms with Gasteiger partial charge in [0.15, 0.2) is 17.3 Å². The van der Waals surface area contributed by atoms with Crippen molar-refractivity contribution in [1.29, 1.82) is 0 Å². The lowest BCUT2D eigenvalue weighted by Gasteiger charge is -2.29. The molecule has 0 radical (unpaired) electrons. The summed E-state index contributed by atoms with van der Waals surface area (Å²) in [4.78, 5) is 48.6. The molecule has 4 heterocycles. The van der Waals surface area contributed by atoms with Crippen molar-refractivity contribution < 1.29 is 23.5 Å². The van der Waals surface area contributed by atoms with Gasteiger partial charge in [-0.15, -0.1) is 0 Å². The van der Waals surface area contributed by atoms with E-state index in [2.05, 4.69) is 20.6 Å². The monoisotopic (exact) mass is 638 g/mol. The molecule has 3 N–H and O–H groups in total. The molecule has 1 saturated heterocycles. The summed E-state index contributed by atoms with van der Waals surface area (Å²) in [6, 6.07) is 12.5. The molecule has 11 nitrogen and oxygen atoms in total. The number of halogens is 1. The van der Waals surface area contributed by atoms with Gasteiger partial charge in [0, 0.05) is 44.1 Å². The molecule has 7 rings (SSSR count). The third kappa shape index (κ3) is 5.64. The van der Waals surface area contributed by atoms with E-state index in [1.807, 2.05) is 62.1 Å². The number of ether oxygens (including phenoxy) is 2. The zero-order valence-corrected chi connectivity index (χ0v) is 26.4. The summed E-state index contributed by atoms with van der Waals surface area (Å²) >= 11 is 0. The number of pyridine rings is 1. The fourth-order valence-corrected chi connectivity index (χ4v) is 6.17. The molecule has 0 saturated carbocycles. The van der Waals surface area contributed by atoms with Gasteiger partial charge >= 0.3 is 6.09 Å². The van der Waals surface area contributed by atoms with Crippen LogP contribution in [0.15, 0.2) is 66.0 Å². The summed E-state index contributed by atoms with van der Waals surface area (Å²) in [6.07, 6.45) is 5.93. The normalized spacial score (nSPS) is 15.4. The summed E-state index contributed by atoms with van der Waals surface area (Å²) in [5.41, 5.74) is 0.691. The first-order valence-electron chi connectivity index (χ1n) is 15.7. The molecule has 2 aliphatic heterocycles. The lowest BCUT2D eigenvalue weighted by Crippen LogP contribution is -2.41. The number of imidazole rings is 1. The van der Waals surface area contributed by atoms with Crippen molar-refractivity contribution in [1.82, 2.24) is 25.2 Å². The maximum Gasteiger partial charge on any atom is 0.407 e. The molecule has 47 heavy (non-hydrogen) atoms. The SMILES string of the molecule is CCC(C)(C)OC(=O)NC1CCN(c2c(F)cc3c(=O)c(C(=O)NCCc4cnc[nH]4)cn4c3c2Oc2cc3ccccc3cc2-4)C1. The average Bonchev–Trinajstić information content (AvgIpc) is 3.73. The Morgan fingerprint density at radius 3 is 2.72 bits per heavy atom. The molecule has 0 spiro atoms. The summed E-state index contributed by atoms with van der Waals surface area (Å²) < 4.78 is 30.0. The van der Waals surface area contributed by atoms with Gasteiger partial charge in [-0.25, -0.2) is 14.2 Å². The number of hydrogen-bond acceptors (Lipinski definition) is 7. The van der Waals surface area contributed by atoms with E-state index in [1.165, 1.54) is 12.3 Å². The highest BCUT2D eigenvalue weighted by Crippen LogP contribution is 2.48. The molecule has 2 aliphatic rings. The van der Waals surface area contributed by atoms with Crippen LogP contribution in [0, 0.1) is 5.82 Å². The van der Waals surface area contributed by atoms with Crippen LogP contribution in [0.3, 0.4) is 0 Å². The molecule has 0 aliphatic carbocycles. The van der Waals surface area contributed by atoms with Crippen molar-refractivity contribution in [3.05, 3.63) is 88.5 Å². The highest BCUT2D eigenvalue weighted by molar-refractivity contribution is 6.02. The Labute approximate surface area is 269 Å². The third-order valence-electron chi connectivity index (χ3n) is 9.00. The first kappa shape index (κ1) is 30.3. The van der Waals surface area contributed by atoms with Crippen LogP contribution in [0.1, 0.15) is 49.7 Å². The second-order valence-corrected chi connectivity index (χ2v) is 12.6. The van der Waals surface area contributed by atoms with Crippen LogP contribution in [0.25, 0.3) is 27.4 Å². The van der Waals surface area contributed by atoms with Crippen LogP contribution in [0.5, 0.6) is 11.5 Å². The smallest absolute Gasteiger partial charge is 0.407 e. The van der Waals surface area contributed by atoms with Gasteiger partial charge in [0.2, 0.25) is 5.43 Å². The Morgan fingerprint density at radius 2 is 1.98 bits per heavy atom. The van der Waals surface area contributed by atoms with E-state index in [-0.39, 0.29) is 35.0 Å². The predicted octanol–water partition coefficient (Wildman–Crippen LogP) is 5.58. The number of alkyl carbamates (subject to hydrolysis) is 1. The molecule has 1 fully saturated rings. The molecule has 242 valence electrons. The second-order valence-electron chi connectivity index (χ2n) is 12.6.